The Bertz CT molecular complexity index is 874. The second-order valence-corrected chi connectivity index (χ2v) is 8.95. The molecule has 2 aliphatic rings. The highest BCUT2D eigenvalue weighted by molar-refractivity contribution is 5.74. The highest BCUT2D eigenvalue weighted by Crippen LogP contribution is 2.31. The van der Waals surface area contributed by atoms with Gasteiger partial charge >= 0.3 is 6.03 Å². The Hall–Kier alpha value is -2.53. The van der Waals surface area contributed by atoms with Gasteiger partial charge in [0.05, 0.1) is 12.6 Å². The molecule has 0 spiro atoms. The van der Waals surface area contributed by atoms with Crippen LogP contribution in [0.1, 0.15) is 48.1 Å². The molecule has 2 amide bonds. The van der Waals surface area contributed by atoms with Gasteiger partial charge in [0.1, 0.15) is 5.75 Å². The van der Waals surface area contributed by atoms with Crippen LogP contribution in [0.25, 0.3) is 0 Å². The fourth-order valence-corrected chi connectivity index (χ4v) is 3.88. The number of benzene rings is 2. The molecule has 4 rings (SSSR count). The van der Waals surface area contributed by atoms with Crippen LogP contribution in [0, 0.1) is 5.92 Å². The maximum absolute atomic E-state index is 11.8. The molecule has 1 heterocycles. The minimum atomic E-state index is -0.0698. The third kappa shape index (κ3) is 5.33. The average Bonchev–Trinajstić information content (AvgIpc) is 3.57. The van der Waals surface area contributed by atoms with Crippen molar-refractivity contribution in [1.29, 1.82) is 0 Å². The van der Waals surface area contributed by atoms with Crippen LogP contribution in [0.15, 0.2) is 42.5 Å². The summed E-state index contributed by atoms with van der Waals surface area (Å²) in [6.45, 7) is 5.88. The number of urea groups is 1. The predicted octanol–water partition coefficient (Wildman–Crippen LogP) is 4.37. The first kappa shape index (κ1) is 20.7. The van der Waals surface area contributed by atoms with Crippen molar-refractivity contribution in [3.63, 3.8) is 0 Å². The Morgan fingerprint density at radius 2 is 1.93 bits per heavy atom. The third-order valence-electron chi connectivity index (χ3n) is 6.08. The number of nitrogens with zero attached hydrogens (tertiary/aromatic N) is 2. The van der Waals surface area contributed by atoms with Crippen LogP contribution in [-0.2, 0) is 19.5 Å². The number of hydrogen-bond acceptors (Lipinski definition) is 3. The Kier molecular flexibility index (Phi) is 6.28. The molecule has 1 saturated carbocycles. The van der Waals surface area contributed by atoms with Crippen molar-refractivity contribution < 1.29 is 9.53 Å². The Balaban J connectivity index is 1.31. The first-order valence-corrected chi connectivity index (χ1v) is 11.0. The van der Waals surface area contributed by atoms with E-state index in [-0.39, 0.29) is 12.1 Å². The van der Waals surface area contributed by atoms with Crippen LogP contribution in [-0.4, -0.2) is 43.1 Å². The molecule has 2 aromatic carbocycles. The largest absolute Gasteiger partial charge is 0.493 e. The van der Waals surface area contributed by atoms with Gasteiger partial charge in [-0.15, -0.1) is 0 Å². The zero-order valence-corrected chi connectivity index (χ0v) is 18.4. The molecular formula is C25H33N3O2. The van der Waals surface area contributed by atoms with E-state index in [1.165, 1.54) is 29.5 Å². The minimum absolute atomic E-state index is 0.00728. The summed E-state index contributed by atoms with van der Waals surface area (Å²) >= 11 is 0. The van der Waals surface area contributed by atoms with Crippen LogP contribution in [0.3, 0.4) is 0 Å². The van der Waals surface area contributed by atoms with Gasteiger partial charge < -0.3 is 15.0 Å². The van der Waals surface area contributed by atoms with Crippen molar-refractivity contribution in [3.8, 4) is 5.75 Å². The predicted molar refractivity (Wildman–Crippen MR) is 120 cm³/mol. The second-order valence-electron chi connectivity index (χ2n) is 8.95. The Morgan fingerprint density at radius 3 is 2.63 bits per heavy atom. The zero-order chi connectivity index (χ0) is 21.1. The number of amides is 2. The molecule has 2 aromatic rings. The summed E-state index contributed by atoms with van der Waals surface area (Å²) in [6.07, 6.45) is 3.72. The fourth-order valence-electron chi connectivity index (χ4n) is 3.88. The number of rotatable bonds is 7. The molecule has 0 unspecified atom stereocenters. The number of fused-ring (bicyclic) bond motifs is 1. The normalized spacial score (nSPS) is 17.2. The monoisotopic (exact) mass is 407 g/mol. The summed E-state index contributed by atoms with van der Waals surface area (Å²) < 4.78 is 5.94. The molecule has 160 valence electrons. The highest BCUT2D eigenvalue weighted by Gasteiger charge is 2.22. The molecule has 1 aliphatic heterocycles. The maximum atomic E-state index is 11.8. The standard InChI is InChI=1S/C25H33N3O2/c1-18(26-25(29)27(2)3)21-8-6-19(7-9-21)15-28-13-12-22-14-24(11-10-23(22)16-28)30-17-20-4-5-20/h6-11,14,18,20H,4-5,12-13,15-17H2,1-3H3,(H,26,29)/t18-/m0/s1. The summed E-state index contributed by atoms with van der Waals surface area (Å²) in [6, 6.07) is 15.1. The van der Waals surface area contributed by atoms with Crippen molar-refractivity contribution in [2.24, 2.45) is 5.92 Å². The molecule has 1 fully saturated rings. The first-order chi connectivity index (χ1) is 14.5. The molecule has 0 aromatic heterocycles. The maximum Gasteiger partial charge on any atom is 0.317 e. The lowest BCUT2D eigenvalue weighted by Crippen LogP contribution is -2.36. The third-order valence-corrected chi connectivity index (χ3v) is 6.08. The highest BCUT2D eigenvalue weighted by atomic mass is 16.5. The van der Waals surface area contributed by atoms with E-state index in [2.05, 4.69) is 52.7 Å². The van der Waals surface area contributed by atoms with Crippen molar-refractivity contribution in [2.45, 2.75) is 45.3 Å². The van der Waals surface area contributed by atoms with Gasteiger partial charge in [0.15, 0.2) is 0 Å². The summed E-state index contributed by atoms with van der Waals surface area (Å²) in [5.74, 6) is 1.82. The summed E-state index contributed by atoms with van der Waals surface area (Å²) in [5, 5.41) is 3.00. The quantitative estimate of drug-likeness (QED) is 0.741. The van der Waals surface area contributed by atoms with E-state index < -0.39 is 0 Å². The molecule has 0 radical (unpaired) electrons. The van der Waals surface area contributed by atoms with Gasteiger partial charge in [-0.05, 0) is 66.5 Å². The molecule has 5 nitrogen and oxygen atoms in total. The summed E-state index contributed by atoms with van der Waals surface area (Å²) in [4.78, 5) is 15.9. The van der Waals surface area contributed by atoms with Crippen LogP contribution >= 0.6 is 0 Å². The van der Waals surface area contributed by atoms with E-state index in [0.717, 1.165) is 49.9 Å². The molecule has 5 heteroatoms. The summed E-state index contributed by atoms with van der Waals surface area (Å²) in [7, 11) is 3.51. The van der Waals surface area contributed by atoms with Gasteiger partial charge in [-0.2, -0.15) is 0 Å². The lowest BCUT2D eigenvalue weighted by molar-refractivity contribution is 0.214. The van der Waals surface area contributed by atoms with E-state index in [0.29, 0.717) is 0 Å². The van der Waals surface area contributed by atoms with Crippen LogP contribution in [0.2, 0.25) is 0 Å². The van der Waals surface area contributed by atoms with Crippen LogP contribution < -0.4 is 10.1 Å². The minimum Gasteiger partial charge on any atom is -0.493 e. The average molecular weight is 408 g/mol. The fraction of sp³-hybridized carbons (Fsp3) is 0.480. The molecular weight excluding hydrogens is 374 g/mol. The van der Waals surface area contributed by atoms with Gasteiger partial charge in [0.2, 0.25) is 0 Å². The molecule has 30 heavy (non-hydrogen) atoms. The van der Waals surface area contributed by atoms with E-state index in [9.17, 15) is 4.79 Å². The van der Waals surface area contributed by atoms with Gasteiger partial charge in [0, 0.05) is 33.7 Å². The van der Waals surface area contributed by atoms with Gasteiger partial charge in [-0.25, -0.2) is 4.79 Å². The zero-order valence-electron chi connectivity index (χ0n) is 18.4. The van der Waals surface area contributed by atoms with Crippen LogP contribution in [0.5, 0.6) is 5.75 Å². The van der Waals surface area contributed by atoms with Crippen LogP contribution in [0.4, 0.5) is 4.79 Å². The van der Waals surface area contributed by atoms with E-state index in [4.69, 9.17) is 4.74 Å². The van der Waals surface area contributed by atoms with E-state index >= 15 is 0 Å². The second kappa shape index (κ2) is 9.09. The number of ether oxygens (including phenoxy) is 1. The van der Waals surface area contributed by atoms with Gasteiger partial charge in [-0.1, -0.05) is 30.3 Å². The Labute approximate surface area is 180 Å². The van der Waals surface area contributed by atoms with Crippen molar-refractivity contribution in [1.82, 2.24) is 15.1 Å². The smallest absolute Gasteiger partial charge is 0.317 e. The molecule has 1 atom stereocenters. The SMILES string of the molecule is C[C@H](NC(=O)N(C)C)c1ccc(CN2CCc3cc(OCC4CC4)ccc3C2)cc1. The van der Waals surface area contributed by atoms with Crippen molar-refractivity contribution >= 4 is 6.03 Å². The number of hydrogen-bond donors (Lipinski definition) is 1. The lowest BCUT2D eigenvalue weighted by Gasteiger charge is -2.29. The topological polar surface area (TPSA) is 44.8 Å². The molecule has 0 saturated heterocycles. The van der Waals surface area contributed by atoms with Gasteiger partial charge in [0.25, 0.3) is 0 Å². The molecule has 1 N–H and O–H groups in total. The van der Waals surface area contributed by atoms with E-state index in [1.54, 1.807) is 19.0 Å². The molecule has 1 aliphatic carbocycles. The first-order valence-electron chi connectivity index (χ1n) is 11.0. The van der Waals surface area contributed by atoms with Gasteiger partial charge in [-0.3, -0.25) is 4.90 Å². The number of carbonyl (C=O) groups excluding carboxylic acids is 1. The van der Waals surface area contributed by atoms with Crippen molar-refractivity contribution in [3.05, 3.63) is 64.7 Å². The lowest BCUT2D eigenvalue weighted by atomic mass is 9.98. The van der Waals surface area contributed by atoms with E-state index in [1.807, 2.05) is 6.92 Å². The molecule has 0 bridgehead atoms. The number of carbonyl (C=O) groups is 1. The van der Waals surface area contributed by atoms with Crippen molar-refractivity contribution in [2.75, 3.05) is 27.2 Å². The summed E-state index contributed by atoms with van der Waals surface area (Å²) in [5.41, 5.74) is 5.27. The number of nitrogens with one attached hydrogen (secondary N) is 1. The Morgan fingerprint density at radius 1 is 1.17 bits per heavy atom.